The Morgan fingerprint density at radius 2 is 1.48 bits per heavy atom. The summed E-state index contributed by atoms with van der Waals surface area (Å²) in [4.78, 5) is 0. The van der Waals surface area contributed by atoms with E-state index >= 15 is 0 Å². The van der Waals surface area contributed by atoms with Crippen molar-refractivity contribution in [2.45, 2.75) is 46.5 Å². The number of benzene rings is 2. The Balaban J connectivity index is 1.67. The smallest absolute Gasteiger partial charge is 0.119 e. The molecule has 0 bridgehead atoms. The van der Waals surface area contributed by atoms with Crippen LogP contribution in [0.2, 0.25) is 0 Å². The molecule has 0 radical (unpaired) electrons. The number of nitrogens with one attached hydrogen (secondary N) is 2. The highest BCUT2D eigenvalue weighted by atomic mass is 16.5. The molecule has 0 atom stereocenters. The van der Waals surface area contributed by atoms with Gasteiger partial charge in [0, 0.05) is 24.5 Å². The number of aryl methyl sites for hydroxylation is 2. The highest BCUT2D eigenvalue weighted by molar-refractivity contribution is 5.56. The molecule has 136 valence electrons. The van der Waals surface area contributed by atoms with Gasteiger partial charge in [-0.2, -0.15) is 0 Å². The van der Waals surface area contributed by atoms with Gasteiger partial charge in [-0.3, -0.25) is 0 Å². The average Bonchev–Trinajstić information content (AvgIpc) is 2.62. The molecule has 0 fully saturated rings. The quantitative estimate of drug-likeness (QED) is 0.508. The fourth-order valence-electron chi connectivity index (χ4n) is 2.88. The number of anilines is 2. The molecule has 2 rings (SSSR count). The molecule has 0 spiro atoms. The summed E-state index contributed by atoms with van der Waals surface area (Å²) in [6, 6.07) is 14.6. The van der Waals surface area contributed by atoms with Crippen molar-refractivity contribution in [2.75, 3.05) is 30.3 Å². The molecular formula is C22H32N2O. The predicted octanol–water partition coefficient (Wildman–Crippen LogP) is 5.79. The molecule has 0 heterocycles. The number of rotatable bonds is 11. The number of hydrogen-bond acceptors (Lipinski definition) is 3. The maximum atomic E-state index is 5.78. The maximum Gasteiger partial charge on any atom is 0.119 e. The van der Waals surface area contributed by atoms with Crippen molar-refractivity contribution in [2.24, 2.45) is 0 Å². The Morgan fingerprint density at radius 3 is 2.16 bits per heavy atom. The molecule has 0 aliphatic rings. The highest BCUT2D eigenvalue weighted by Crippen LogP contribution is 2.19. The van der Waals surface area contributed by atoms with E-state index in [0.717, 1.165) is 37.6 Å². The normalized spacial score (nSPS) is 10.5. The first-order chi connectivity index (χ1) is 12.2. The molecule has 2 aromatic carbocycles. The Hall–Kier alpha value is -2.16. The van der Waals surface area contributed by atoms with Crippen LogP contribution in [0.15, 0.2) is 42.5 Å². The standard InChI is InChI=1S/C22H32N2O/c1-4-5-6-7-17-25-21-13-11-20(12-14-21)23-15-16-24-22-18(2)9-8-10-19(22)3/h8-14,23-24H,4-7,15-17H2,1-3H3. The van der Waals surface area contributed by atoms with E-state index in [1.54, 1.807) is 0 Å². The second-order valence-electron chi connectivity index (χ2n) is 6.55. The van der Waals surface area contributed by atoms with E-state index in [2.05, 4.69) is 61.7 Å². The molecule has 0 aliphatic heterocycles. The van der Waals surface area contributed by atoms with E-state index in [9.17, 15) is 0 Å². The van der Waals surface area contributed by atoms with Gasteiger partial charge in [-0.05, 0) is 55.7 Å². The molecule has 0 amide bonds. The fraction of sp³-hybridized carbons (Fsp3) is 0.455. The molecule has 0 aliphatic carbocycles. The van der Waals surface area contributed by atoms with E-state index in [-0.39, 0.29) is 0 Å². The third-order valence-electron chi connectivity index (χ3n) is 4.36. The molecule has 0 saturated carbocycles. The summed E-state index contributed by atoms with van der Waals surface area (Å²) in [6.07, 6.45) is 4.95. The summed E-state index contributed by atoms with van der Waals surface area (Å²) >= 11 is 0. The third-order valence-corrected chi connectivity index (χ3v) is 4.36. The van der Waals surface area contributed by atoms with Crippen LogP contribution in [0.5, 0.6) is 5.75 Å². The SMILES string of the molecule is CCCCCCOc1ccc(NCCNc2c(C)cccc2C)cc1. The molecule has 0 aromatic heterocycles. The third kappa shape index (κ3) is 6.69. The number of unbranched alkanes of at least 4 members (excludes halogenated alkanes) is 3. The lowest BCUT2D eigenvalue weighted by Crippen LogP contribution is -2.14. The number of hydrogen-bond donors (Lipinski definition) is 2. The highest BCUT2D eigenvalue weighted by Gasteiger charge is 2.01. The van der Waals surface area contributed by atoms with Gasteiger partial charge in [0.15, 0.2) is 0 Å². The zero-order valence-electron chi connectivity index (χ0n) is 15.9. The van der Waals surface area contributed by atoms with E-state index < -0.39 is 0 Å². The van der Waals surface area contributed by atoms with Crippen LogP contribution >= 0.6 is 0 Å². The van der Waals surface area contributed by atoms with Crippen LogP contribution in [0, 0.1) is 13.8 Å². The van der Waals surface area contributed by atoms with E-state index in [1.807, 2.05) is 12.1 Å². The van der Waals surface area contributed by atoms with Gasteiger partial charge >= 0.3 is 0 Å². The van der Waals surface area contributed by atoms with Crippen molar-refractivity contribution in [3.63, 3.8) is 0 Å². The van der Waals surface area contributed by atoms with Crippen LogP contribution in [-0.2, 0) is 0 Å². The molecule has 3 nitrogen and oxygen atoms in total. The number of ether oxygens (including phenoxy) is 1. The topological polar surface area (TPSA) is 33.3 Å². The van der Waals surface area contributed by atoms with Crippen molar-refractivity contribution in [1.29, 1.82) is 0 Å². The van der Waals surface area contributed by atoms with Gasteiger partial charge in [0.1, 0.15) is 5.75 Å². The lowest BCUT2D eigenvalue weighted by atomic mass is 10.1. The summed E-state index contributed by atoms with van der Waals surface area (Å²) in [6.45, 7) is 9.09. The monoisotopic (exact) mass is 340 g/mol. The summed E-state index contributed by atoms with van der Waals surface area (Å²) in [5.41, 5.74) is 4.96. The Kier molecular flexibility index (Phi) is 8.17. The van der Waals surface area contributed by atoms with E-state index in [1.165, 1.54) is 36.1 Å². The lowest BCUT2D eigenvalue weighted by molar-refractivity contribution is 0.305. The molecule has 0 saturated heterocycles. The minimum atomic E-state index is 0.812. The zero-order valence-corrected chi connectivity index (χ0v) is 15.9. The Morgan fingerprint density at radius 1 is 0.800 bits per heavy atom. The second-order valence-corrected chi connectivity index (χ2v) is 6.55. The van der Waals surface area contributed by atoms with Crippen molar-refractivity contribution in [3.05, 3.63) is 53.6 Å². The second kappa shape index (κ2) is 10.7. The average molecular weight is 341 g/mol. The summed E-state index contributed by atoms with van der Waals surface area (Å²) in [5, 5.41) is 6.97. The van der Waals surface area contributed by atoms with Gasteiger partial charge in [-0.25, -0.2) is 0 Å². The summed E-state index contributed by atoms with van der Waals surface area (Å²) in [7, 11) is 0. The van der Waals surface area contributed by atoms with Crippen LogP contribution in [0.3, 0.4) is 0 Å². The van der Waals surface area contributed by atoms with Crippen LogP contribution < -0.4 is 15.4 Å². The first-order valence-corrected chi connectivity index (χ1v) is 9.47. The summed E-state index contributed by atoms with van der Waals surface area (Å²) < 4.78 is 5.78. The molecule has 2 N–H and O–H groups in total. The molecule has 0 unspecified atom stereocenters. The molecular weight excluding hydrogens is 308 g/mol. The summed E-state index contributed by atoms with van der Waals surface area (Å²) in [5.74, 6) is 0.954. The van der Waals surface area contributed by atoms with Crippen LogP contribution in [0.4, 0.5) is 11.4 Å². The van der Waals surface area contributed by atoms with Crippen molar-refractivity contribution < 1.29 is 4.74 Å². The van der Waals surface area contributed by atoms with E-state index in [4.69, 9.17) is 4.74 Å². The Labute approximate surface area is 152 Å². The predicted molar refractivity (Wildman–Crippen MR) is 109 cm³/mol. The van der Waals surface area contributed by atoms with Crippen molar-refractivity contribution in [3.8, 4) is 5.75 Å². The van der Waals surface area contributed by atoms with Crippen molar-refractivity contribution >= 4 is 11.4 Å². The zero-order chi connectivity index (χ0) is 17.9. The lowest BCUT2D eigenvalue weighted by Gasteiger charge is -2.13. The van der Waals surface area contributed by atoms with Gasteiger partial charge < -0.3 is 15.4 Å². The van der Waals surface area contributed by atoms with Gasteiger partial charge in [-0.1, -0.05) is 44.4 Å². The largest absolute Gasteiger partial charge is 0.494 e. The minimum Gasteiger partial charge on any atom is -0.494 e. The van der Waals surface area contributed by atoms with Crippen LogP contribution in [0.25, 0.3) is 0 Å². The van der Waals surface area contributed by atoms with Crippen LogP contribution in [0.1, 0.15) is 43.7 Å². The fourth-order valence-corrected chi connectivity index (χ4v) is 2.88. The molecule has 3 heteroatoms. The minimum absolute atomic E-state index is 0.812. The Bertz CT molecular complexity index is 602. The van der Waals surface area contributed by atoms with Crippen molar-refractivity contribution in [1.82, 2.24) is 0 Å². The first-order valence-electron chi connectivity index (χ1n) is 9.47. The molecule has 2 aromatic rings. The molecule has 25 heavy (non-hydrogen) atoms. The van der Waals surface area contributed by atoms with Gasteiger partial charge in [0.05, 0.1) is 6.61 Å². The van der Waals surface area contributed by atoms with Gasteiger partial charge in [0.25, 0.3) is 0 Å². The van der Waals surface area contributed by atoms with E-state index in [0.29, 0.717) is 0 Å². The van der Waals surface area contributed by atoms with Crippen LogP contribution in [-0.4, -0.2) is 19.7 Å². The maximum absolute atomic E-state index is 5.78. The number of para-hydroxylation sites is 1. The first kappa shape index (κ1) is 19.2. The van der Waals surface area contributed by atoms with Gasteiger partial charge in [0.2, 0.25) is 0 Å². The van der Waals surface area contributed by atoms with Gasteiger partial charge in [-0.15, -0.1) is 0 Å².